The van der Waals surface area contributed by atoms with Gasteiger partial charge in [0.2, 0.25) is 5.91 Å². The molecule has 0 aliphatic carbocycles. The summed E-state index contributed by atoms with van der Waals surface area (Å²) in [6.45, 7) is 4.50. The van der Waals surface area contributed by atoms with Crippen molar-refractivity contribution >= 4 is 17.5 Å². The molecule has 2 aromatic carbocycles. The molecule has 3 aromatic rings. The molecule has 2 amide bonds. The Morgan fingerprint density at radius 1 is 1.27 bits per heavy atom. The van der Waals surface area contributed by atoms with Crippen molar-refractivity contribution in [3.05, 3.63) is 82.9 Å². The Morgan fingerprint density at radius 3 is 2.70 bits per heavy atom. The van der Waals surface area contributed by atoms with Crippen LogP contribution in [0.3, 0.4) is 0 Å². The van der Waals surface area contributed by atoms with Gasteiger partial charge in [0.25, 0.3) is 5.91 Å². The van der Waals surface area contributed by atoms with Gasteiger partial charge in [-0.2, -0.15) is 10.4 Å². The van der Waals surface area contributed by atoms with Crippen molar-refractivity contribution in [2.45, 2.75) is 25.8 Å². The Bertz CT molecular complexity index is 1260. The maximum atomic E-state index is 13.8. The molecule has 1 aromatic heterocycles. The zero-order valence-corrected chi connectivity index (χ0v) is 18.6. The van der Waals surface area contributed by atoms with E-state index in [-0.39, 0.29) is 23.3 Å². The molecule has 1 N–H and O–H groups in total. The van der Waals surface area contributed by atoms with Crippen LogP contribution >= 0.6 is 0 Å². The molecule has 7 nitrogen and oxygen atoms in total. The Kier molecular flexibility index (Phi) is 5.97. The van der Waals surface area contributed by atoms with Crippen molar-refractivity contribution in [3.63, 3.8) is 0 Å². The number of nitrogens with one attached hydrogen (secondary N) is 1. The van der Waals surface area contributed by atoms with E-state index < -0.39 is 17.8 Å². The van der Waals surface area contributed by atoms with Crippen LogP contribution in [0.5, 0.6) is 0 Å². The van der Waals surface area contributed by atoms with E-state index >= 15 is 0 Å². The van der Waals surface area contributed by atoms with E-state index in [9.17, 15) is 14.0 Å². The van der Waals surface area contributed by atoms with Gasteiger partial charge in [0.05, 0.1) is 23.7 Å². The molecule has 0 unspecified atom stereocenters. The quantitative estimate of drug-likeness (QED) is 0.643. The molecule has 33 heavy (non-hydrogen) atoms. The maximum absolute atomic E-state index is 13.8. The van der Waals surface area contributed by atoms with Crippen LogP contribution in [-0.4, -0.2) is 33.0 Å². The highest BCUT2D eigenvalue weighted by atomic mass is 19.1. The van der Waals surface area contributed by atoms with Gasteiger partial charge in [-0.3, -0.25) is 14.3 Å². The van der Waals surface area contributed by atoms with E-state index in [4.69, 9.17) is 5.26 Å². The normalized spacial score (nSPS) is 17.6. The standard InChI is InChI=1S/C25H24FN5O2/c1-15(2)13-31-23(17-12-28-30(3)14-17)22(19-6-4-5-7-20(19)25(31)33)24(32)29-18-8-9-21(26)16(10-18)11-27/h4-10,12,14-15,22-23H,13H2,1-3H3,(H,29,32)/t22-,23+/m1/s1. The largest absolute Gasteiger partial charge is 0.330 e. The molecule has 4 rings (SSSR count). The number of nitriles is 1. The third-order valence-corrected chi connectivity index (χ3v) is 5.70. The van der Waals surface area contributed by atoms with Crippen LogP contribution in [0, 0.1) is 23.1 Å². The fraction of sp³-hybridized carbons (Fsp3) is 0.280. The van der Waals surface area contributed by atoms with Crippen LogP contribution in [0.15, 0.2) is 54.9 Å². The Labute approximate surface area is 191 Å². The fourth-order valence-electron chi connectivity index (χ4n) is 4.34. The number of carbonyl (C=O) groups is 2. The van der Waals surface area contributed by atoms with Crippen molar-refractivity contribution in [1.82, 2.24) is 14.7 Å². The molecular formula is C25H24FN5O2. The predicted molar refractivity (Wildman–Crippen MR) is 121 cm³/mol. The second kappa shape index (κ2) is 8.87. The molecule has 0 saturated heterocycles. The van der Waals surface area contributed by atoms with E-state index in [1.54, 1.807) is 53.2 Å². The third-order valence-electron chi connectivity index (χ3n) is 5.70. The Morgan fingerprint density at radius 2 is 2.03 bits per heavy atom. The van der Waals surface area contributed by atoms with Gasteiger partial charge < -0.3 is 10.2 Å². The highest BCUT2D eigenvalue weighted by Crippen LogP contribution is 2.43. The summed E-state index contributed by atoms with van der Waals surface area (Å²) >= 11 is 0. The van der Waals surface area contributed by atoms with Crippen LogP contribution in [0.1, 0.15) is 52.9 Å². The van der Waals surface area contributed by atoms with Crippen LogP contribution < -0.4 is 5.32 Å². The number of anilines is 1. The van der Waals surface area contributed by atoms with Gasteiger partial charge in [0.15, 0.2) is 0 Å². The average Bonchev–Trinajstić information content (AvgIpc) is 3.22. The van der Waals surface area contributed by atoms with Crippen molar-refractivity contribution in [2.24, 2.45) is 13.0 Å². The van der Waals surface area contributed by atoms with Gasteiger partial charge in [-0.1, -0.05) is 32.0 Å². The molecule has 0 bridgehead atoms. The van der Waals surface area contributed by atoms with Crippen LogP contribution in [0.4, 0.5) is 10.1 Å². The van der Waals surface area contributed by atoms with Gasteiger partial charge in [-0.05, 0) is 35.7 Å². The zero-order valence-electron chi connectivity index (χ0n) is 18.6. The summed E-state index contributed by atoms with van der Waals surface area (Å²) in [6.07, 6.45) is 3.48. The van der Waals surface area contributed by atoms with E-state index in [1.807, 2.05) is 20.0 Å². The lowest BCUT2D eigenvalue weighted by Crippen LogP contribution is -2.47. The first-order chi connectivity index (χ1) is 15.8. The molecule has 168 valence electrons. The number of carbonyl (C=O) groups excluding carboxylic acids is 2. The number of aromatic nitrogens is 2. The molecule has 8 heteroatoms. The van der Waals surface area contributed by atoms with Crippen molar-refractivity contribution < 1.29 is 14.0 Å². The number of halogens is 1. The van der Waals surface area contributed by atoms with Crippen LogP contribution in [0.2, 0.25) is 0 Å². The number of rotatable bonds is 5. The Hall–Kier alpha value is -3.99. The van der Waals surface area contributed by atoms with E-state index in [2.05, 4.69) is 10.4 Å². The third kappa shape index (κ3) is 4.22. The second-order valence-electron chi connectivity index (χ2n) is 8.60. The van der Waals surface area contributed by atoms with Crippen LogP contribution in [-0.2, 0) is 11.8 Å². The highest BCUT2D eigenvalue weighted by molar-refractivity contribution is 6.04. The Balaban J connectivity index is 1.82. The van der Waals surface area contributed by atoms with E-state index in [0.29, 0.717) is 23.4 Å². The first kappa shape index (κ1) is 22.2. The number of benzene rings is 2. The average molecular weight is 445 g/mol. The monoisotopic (exact) mass is 445 g/mol. The minimum absolute atomic E-state index is 0.134. The lowest BCUT2D eigenvalue weighted by atomic mass is 9.79. The lowest BCUT2D eigenvalue weighted by Gasteiger charge is -2.42. The summed E-state index contributed by atoms with van der Waals surface area (Å²) in [4.78, 5) is 28.9. The number of hydrogen-bond donors (Lipinski definition) is 1. The van der Waals surface area contributed by atoms with E-state index in [1.165, 1.54) is 12.1 Å². The molecule has 0 saturated carbocycles. The summed E-state index contributed by atoms with van der Waals surface area (Å²) in [7, 11) is 1.78. The highest BCUT2D eigenvalue weighted by Gasteiger charge is 2.44. The molecule has 0 fully saturated rings. The van der Waals surface area contributed by atoms with Gasteiger partial charge in [-0.15, -0.1) is 0 Å². The lowest BCUT2D eigenvalue weighted by molar-refractivity contribution is -0.119. The van der Waals surface area contributed by atoms with Crippen LogP contribution in [0.25, 0.3) is 0 Å². The summed E-state index contributed by atoms with van der Waals surface area (Å²) in [5.41, 5.74) is 2.01. The minimum atomic E-state index is -0.725. The van der Waals surface area contributed by atoms with Gasteiger partial charge in [0, 0.05) is 36.6 Å². The first-order valence-corrected chi connectivity index (χ1v) is 10.7. The van der Waals surface area contributed by atoms with Gasteiger partial charge in [-0.25, -0.2) is 4.39 Å². The summed E-state index contributed by atoms with van der Waals surface area (Å²) in [5.74, 6) is -1.69. The van der Waals surface area contributed by atoms with Gasteiger partial charge in [0.1, 0.15) is 11.9 Å². The maximum Gasteiger partial charge on any atom is 0.254 e. The smallest absolute Gasteiger partial charge is 0.254 e. The SMILES string of the molecule is CC(C)CN1C(=O)c2ccccc2[C@@H](C(=O)Nc2ccc(F)c(C#N)c2)[C@@H]1c1cnn(C)c1. The molecule has 0 radical (unpaired) electrons. The summed E-state index contributed by atoms with van der Waals surface area (Å²) < 4.78 is 15.4. The first-order valence-electron chi connectivity index (χ1n) is 10.7. The molecule has 0 spiro atoms. The number of aryl methyl sites for hydroxylation is 1. The van der Waals surface area contributed by atoms with E-state index in [0.717, 1.165) is 11.6 Å². The minimum Gasteiger partial charge on any atom is -0.330 e. The number of amides is 2. The van der Waals surface area contributed by atoms with Crippen molar-refractivity contribution in [2.75, 3.05) is 11.9 Å². The number of hydrogen-bond acceptors (Lipinski definition) is 4. The van der Waals surface area contributed by atoms with Gasteiger partial charge >= 0.3 is 0 Å². The topological polar surface area (TPSA) is 91.0 Å². The number of fused-ring (bicyclic) bond motifs is 1. The van der Waals surface area contributed by atoms with Crippen molar-refractivity contribution in [3.8, 4) is 6.07 Å². The number of nitrogens with zero attached hydrogens (tertiary/aromatic N) is 4. The molecule has 2 atom stereocenters. The zero-order chi connectivity index (χ0) is 23.7. The second-order valence-corrected chi connectivity index (χ2v) is 8.60. The molecule has 1 aliphatic heterocycles. The molecular weight excluding hydrogens is 421 g/mol. The van der Waals surface area contributed by atoms with Crippen molar-refractivity contribution in [1.29, 1.82) is 5.26 Å². The summed E-state index contributed by atoms with van der Waals surface area (Å²) in [5, 5.41) is 16.2. The summed E-state index contributed by atoms with van der Waals surface area (Å²) in [6, 6.07) is 12.2. The predicted octanol–water partition coefficient (Wildman–Crippen LogP) is 4.01. The molecule has 2 heterocycles. The molecule has 1 aliphatic rings. The fourth-order valence-corrected chi connectivity index (χ4v) is 4.34.